The fourth-order valence-corrected chi connectivity index (χ4v) is 2.64. The van der Waals surface area contributed by atoms with Gasteiger partial charge in [0.25, 0.3) is 0 Å². The van der Waals surface area contributed by atoms with Gasteiger partial charge in [-0.15, -0.1) is 16.4 Å². The number of carboxylic acid groups (broad SMARTS) is 1. The van der Waals surface area contributed by atoms with Crippen LogP contribution in [0.1, 0.15) is 34.9 Å². The van der Waals surface area contributed by atoms with Crippen molar-refractivity contribution in [2.45, 2.75) is 33.2 Å². The van der Waals surface area contributed by atoms with E-state index in [2.05, 4.69) is 30.2 Å². The van der Waals surface area contributed by atoms with E-state index in [1.165, 1.54) is 4.88 Å². The highest BCUT2D eigenvalue weighted by Crippen LogP contribution is 2.14. The summed E-state index contributed by atoms with van der Waals surface area (Å²) < 4.78 is 1.73. The van der Waals surface area contributed by atoms with Gasteiger partial charge in [-0.3, -0.25) is 0 Å². The van der Waals surface area contributed by atoms with Crippen molar-refractivity contribution in [2.24, 2.45) is 5.92 Å². The van der Waals surface area contributed by atoms with Gasteiger partial charge in [0.05, 0.1) is 5.69 Å². The molecule has 2 heterocycles. The van der Waals surface area contributed by atoms with Crippen molar-refractivity contribution in [1.82, 2.24) is 15.0 Å². The zero-order chi connectivity index (χ0) is 13.8. The van der Waals surface area contributed by atoms with Crippen molar-refractivity contribution < 1.29 is 9.90 Å². The Kier molecular flexibility index (Phi) is 4.31. The maximum atomic E-state index is 11.1. The van der Waals surface area contributed by atoms with E-state index in [9.17, 15) is 4.79 Å². The van der Waals surface area contributed by atoms with E-state index in [0.29, 0.717) is 18.9 Å². The molecule has 0 aliphatic rings. The number of rotatable bonds is 6. The van der Waals surface area contributed by atoms with Gasteiger partial charge in [0.1, 0.15) is 0 Å². The third kappa shape index (κ3) is 3.41. The predicted octanol–water partition coefficient (Wildman–Crippen LogP) is 2.48. The maximum Gasteiger partial charge on any atom is 0.358 e. The predicted molar refractivity (Wildman–Crippen MR) is 73.5 cm³/mol. The molecule has 5 nitrogen and oxygen atoms in total. The summed E-state index contributed by atoms with van der Waals surface area (Å²) in [6.07, 6.45) is 1.53. The lowest BCUT2D eigenvalue weighted by Gasteiger charge is -2.08. The lowest BCUT2D eigenvalue weighted by Crippen LogP contribution is -2.12. The van der Waals surface area contributed by atoms with Gasteiger partial charge in [-0.05, 0) is 23.8 Å². The Bertz CT molecular complexity index is 546. The molecule has 0 amide bonds. The molecule has 1 N–H and O–H groups in total. The van der Waals surface area contributed by atoms with Crippen LogP contribution in [0, 0.1) is 5.92 Å². The Labute approximate surface area is 115 Å². The Balaban J connectivity index is 2.17. The summed E-state index contributed by atoms with van der Waals surface area (Å²) in [5.74, 6) is -0.630. The minimum absolute atomic E-state index is 0.0832. The second-order valence-electron chi connectivity index (χ2n) is 4.84. The van der Waals surface area contributed by atoms with Crippen molar-refractivity contribution in [3.63, 3.8) is 0 Å². The third-order valence-electron chi connectivity index (χ3n) is 2.79. The van der Waals surface area contributed by atoms with Crippen LogP contribution >= 0.6 is 11.3 Å². The highest BCUT2D eigenvalue weighted by molar-refractivity contribution is 7.09. The lowest BCUT2D eigenvalue weighted by atomic mass is 10.1. The Morgan fingerprint density at radius 2 is 2.32 bits per heavy atom. The van der Waals surface area contributed by atoms with Crippen molar-refractivity contribution in [3.8, 4) is 0 Å². The first kappa shape index (κ1) is 13.7. The Morgan fingerprint density at radius 1 is 1.53 bits per heavy atom. The molecule has 0 bridgehead atoms. The highest BCUT2D eigenvalue weighted by atomic mass is 32.1. The summed E-state index contributed by atoms with van der Waals surface area (Å²) >= 11 is 1.70. The number of hydrogen-bond donors (Lipinski definition) is 1. The van der Waals surface area contributed by atoms with E-state index >= 15 is 0 Å². The average molecular weight is 279 g/mol. The van der Waals surface area contributed by atoms with Crippen LogP contribution in [0.15, 0.2) is 17.5 Å². The minimum atomic E-state index is -1.00. The molecular weight excluding hydrogens is 262 g/mol. The summed E-state index contributed by atoms with van der Waals surface area (Å²) in [6.45, 7) is 4.79. The monoisotopic (exact) mass is 279 g/mol. The first-order valence-electron chi connectivity index (χ1n) is 6.26. The summed E-state index contributed by atoms with van der Waals surface area (Å²) in [5.41, 5.74) is 0.805. The standard InChI is InChI=1S/C13H17N3O2S/c1-9(2)8-11-12(13(17)18)14-15-16(11)6-5-10-4-3-7-19-10/h3-4,7,9H,5-6,8H2,1-2H3,(H,17,18). The number of hydrogen-bond acceptors (Lipinski definition) is 4. The smallest absolute Gasteiger partial charge is 0.358 e. The van der Waals surface area contributed by atoms with Gasteiger partial charge < -0.3 is 5.11 Å². The van der Waals surface area contributed by atoms with E-state index < -0.39 is 5.97 Å². The molecule has 6 heteroatoms. The van der Waals surface area contributed by atoms with Gasteiger partial charge in [0.2, 0.25) is 0 Å². The molecule has 0 aliphatic heterocycles. The average Bonchev–Trinajstić information content (AvgIpc) is 2.94. The number of aromatic carboxylic acids is 1. The maximum absolute atomic E-state index is 11.1. The number of thiophene rings is 1. The van der Waals surface area contributed by atoms with Gasteiger partial charge in [-0.1, -0.05) is 25.1 Å². The van der Waals surface area contributed by atoms with E-state index in [1.807, 2.05) is 11.4 Å². The Morgan fingerprint density at radius 3 is 2.89 bits per heavy atom. The summed E-state index contributed by atoms with van der Waals surface area (Å²) in [6, 6.07) is 4.08. The van der Waals surface area contributed by atoms with Gasteiger partial charge >= 0.3 is 5.97 Å². The summed E-state index contributed by atoms with van der Waals surface area (Å²) in [5, 5.41) is 18.9. The molecular formula is C13H17N3O2S. The molecule has 0 aliphatic carbocycles. The normalized spacial score (nSPS) is 11.1. The molecule has 0 atom stereocenters. The number of carbonyl (C=O) groups is 1. The van der Waals surface area contributed by atoms with Gasteiger partial charge in [0, 0.05) is 17.8 Å². The molecule has 0 radical (unpaired) electrons. The second-order valence-corrected chi connectivity index (χ2v) is 5.87. The molecule has 0 saturated heterocycles. The molecule has 102 valence electrons. The first-order chi connectivity index (χ1) is 9.08. The lowest BCUT2D eigenvalue weighted by molar-refractivity contribution is 0.0689. The highest BCUT2D eigenvalue weighted by Gasteiger charge is 2.19. The van der Waals surface area contributed by atoms with Crippen LogP contribution in [0.5, 0.6) is 0 Å². The zero-order valence-corrected chi connectivity index (χ0v) is 11.9. The fourth-order valence-electron chi connectivity index (χ4n) is 1.94. The van der Waals surface area contributed by atoms with Crippen LogP contribution < -0.4 is 0 Å². The molecule has 19 heavy (non-hydrogen) atoms. The van der Waals surface area contributed by atoms with Crippen molar-refractivity contribution >= 4 is 17.3 Å². The van der Waals surface area contributed by atoms with Crippen LogP contribution in [0.2, 0.25) is 0 Å². The zero-order valence-electron chi connectivity index (χ0n) is 11.0. The summed E-state index contributed by atoms with van der Waals surface area (Å²) in [4.78, 5) is 12.4. The van der Waals surface area contributed by atoms with E-state index in [0.717, 1.165) is 12.1 Å². The van der Waals surface area contributed by atoms with Crippen LogP contribution in [0.4, 0.5) is 0 Å². The molecule has 2 aromatic heterocycles. The Hall–Kier alpha value is -1.69. The van der Waals surface area contributed by atoms with E-state index in [4.69, 9.17) is 5.11 Å². The van der Waals surface area contributed by atoms with Crippen molar-refractivity contribution in [1.29, 1.82) is 0 Å². The summed E-state index contributed by atoms with van der Waals surface area (Å²) in [7, 11) is 0. The second kappa shape index (κ2) is 5.97. The largest absolute Gasteiger partial charge is 0.476 e. The topological polar surface area (TPSA) is 68.0 Å². The molecule has 0 unspecified atom stereocenters. The number of nitrogens with zero attached hydrogens (tertiary/aromatic N) is 3. The number of aromatic nitrogens is 3. The van der Waals surface area contributed by atoms with Crippen LogP contribution in [-0.2, 0) is 19.4 Å². The quantitative estimate of drug-likeness (QED) is 0.882. The third-order valence-corrected chi connectivity index (χ3v) is 3.73. The number of carboxylic acids is 1. The molecule has 0 saturated carbocycles. The molecule has 0 fully saturated rings. The fraction of sp³-hybridized carbons (Fsp3) is 0.462. The van der Waals surface area contributed by atoms with Crippen LogP contribution in [0.25, 0.3) is 0 Å². The number of aryl methyl sites for hydroxylation is 2. The molecule has 2 rings (SSSR count). The van der Waals surface area contributed by atoms with Crippen LogP contribution in [-0.4, -0.2) is 26.1 Å². The molecule has 0 spiro atoms. The van der Waals surface area contributed by atoms with E-state index in [-0.39, 0.29) is 5.69 Å². The van der Waals surface area contributed by atoms with Gasteiger partial charge in [-0.2, -0.15) is 0 Å². The van der Waals surface area contributed by atoms with Gasteiger partial charge in [0.15, 0.2) is 5.69 Å². The van der Waals surface area contributed by atoms with E-state index in [1.54, 1.807) is 16.0 Å². The minimum Gasteiger partial charge on any atom is -0.476 e. The van der Waals surface area contributed by atoms with Gasteiger partial charge in [-0.25, -0.2) is 9.48 Å². The molecule has 2 aromatic rings. The van der Waals surface area contributed by atoms with Crippen molar-refractivity contribution in [3.05, 3.63) is 33.8 Å². The van der Waals surface area contributed by atoms with Crippen LogP contribution in [0.3, 0.4) is 0 Å². The molecule has 0 aromatic carbocycles. The SMILES string of the molecule is CC(C)Cc1c(C(=O)O)nnn1CCc1cccs1. The van der Waals surface area contributed by atoms with Crippen molar-refractivity contribution in [2.75, 3.05) is 0 Å². The first-order valence-corrected chi connectivity index (χ1v) is 7.14.